The third-order valence-corrected chi connectivity index (χ3v) is 5.89. The lowest BCUT2D eigenvalue weighted by molar-refractivity contribution is -0.384. The minimum atomic E-state index is -0.519. The van der Waals surface area contributed by atoms with Crippen molar-refractivity contribution in [2.75, 3.05) is 5.32 Å². The number of ether oxygens (including phenoxy) is 1. The standard InChI is InChI=1S/C29H23N3O4/c1-19-7-11-24(15-20(19)2)31-29(33)23(17-30)16-27-26-6-4-3-5-22(26)10-14-28(27)36-18-21-8-12-25(13-9-21)32(34)35/h3-16H,18H2,1-2H3,(H,31,33)/b23-16+. The van der Waals surface area contributed by atoms with Crippen LogP contribution in [0.5, 0.6) is 5.75 Å². The first-order valence-corrected chi connectivity index (χ1v) is 11.2. The Morgan fingerprint density at radius 2 is 1.78 bits per heavy atom. The van der Waals surface area contributed by atoms with Gasteiger partial charge >= 0.3 is 0 Å². The Labute approximate surface area is 208 Å². The van der Waals surface area contributed by atoms with E-state index in [9.17, 15) is 20.2 Å². The van der Waals surface area contributed by atoms with Crippen LogP contribution in [0, 0.1) is 35.3 Å². The van der Waals surface area contributed by atoms with Gasteiger partial charge in [0.1, 0.15) is 24.0 Å². The number of hydrogen-bond acceptors (Lipinski definition) is 5. The minimum absolute atomic E-state index is 0.00141. The van der Waals surface area contributed by atoms with Gasteiger partial charge in [0.15, 0.2) is 0 Å². The van der Waals surface area contributed by atoms with Gasteiger partial charge in [0.25, 0.3) is 11.6 Å². The van der Waals surface area contributed by atoms with Crippen molar-refractivity contribution in [1.29, 1.82) is 5.26 Å². The van der Waals surface area contributed by atoms with Crippen molar-refractivity contribution < 1.29 is 14.5 Å². The fourth-order valence-corrected chi connectivity index (χ4v) is 3.74. The molecule has 4 rings (SSSR count). The number of non-ortho nitro benzene ring substituents is 1. The fourth-order valence-electron chi connectivity index (χ4n) is 3.74. The molecule has 0 bridgehead atoms. The van der Waals surface area contributed by atoms with E-state index in [4.69, 9.17) is 4.74 Å². The van der Waals surface area contributed by atoms with E-state index in [0.29, 0.717) is 17.0 Å². The third kappa shape index (κ3) is 5.40. The van der Waals surface area contributed by atoms with E-state index in [1.54, 1.807) is 24.3 Å². The van der Waals surface area contributed by atoms with Gasteiger partial charge in [-0.3, -0.25) is 14.9 Å². The van der Waals surface area contributed by atoms with Crippen LogP contribution in [0.4, 0.5) is 11.4 Å². The number of hydrogen-bond donors (Lipinski definition) is 1. The molecule has 7 nitrogen and oxygen atoms in total. The van der Waals surface area contributed by atoms with Crippen LogP contribution in [-0.2, 0) is 11.4 Å². The Morgan fingerprint density at radius 3 is 2.47 bits per heavy atom. The lowest BCUT2D eigenvalue weighted by Crippen LogP contribution is -2.13. The zero-order chi connectivity index (χ0) is 25.7. The molecule has 36 heavy (non-hydrogen) atoms. The van der Waals surface area contributed by atoms with Crippen molar-refractivity contribution in [3.8, 4) is 11.8 Å². The fraction of sp³-hybridized carbons (Fsp3) is 0.103. The average Bonchev–Trinajstić information content (AvgIpc) is 2.88. The van der Waals surface area contributed by atoms with Crippen molar-refractivity contribution in [1.82, 2.24) is 0 Å². The summed E-state index contributed by atoms with van der Waals surface area (Å²) >= 11 is 0. The number of nitro benzene ring substituents is 1. The summed E-state index contributed by atoms with van der Waals surface area (Å²) in [7, 11) is 0. The van der Waals surface area contributed by atoms with Crippen molar-refractivity contribution in [2.45, 2.75) is 20.5 Å². The Balaban J connectivity index is 1.66. The van der Waals surface area contributed by atoms with Crippen LogP contribution in [0.3, 0.4) is 0 Å². The smallest absolute Gasteiger partial charge is 0.269 e. The Bertz CT molecular complexity index is 1530. The Kier molecular flexibility index (Phi) is 7.07. The number of nitro groups is 1. The Morgan fingerprint density at radius 1 is 1.03 bits per heavy atom. The van der Waals surface area contributed by atoms with Crippen molar-refractivity contribution in [3.63, 3.8) is 0 Å². The second-order valence-electron chi connectivity index (χ2n) is 8.33. The molecule has 0 saturated carbocycles. The predicted molar refractivity (Wildman–Crippen MR) is 140 cm³/mol. The van der Waals surface area contributed by atoms with Crippen LogP contribution in [0.1, 0.15) is 22.3 Å². The van der Waals surface area contributed by atoms with E-state index in [2.05, 4.69) is 5.32 Å². The van der Waals surface area contributed by atoms with Gasteiger partial charge in [-0.1, -0.05) is 36.4 Å². The van der Waals surface area contributed by atoms with Crippen LogP contribution in [0.2, 0.25) is 0 Å². The number of fused-ring (bicyclic) bond motifs is 1. The number of aryl methyl sites for hydroxylation is 2. The van der Waals surface area contributed by atoms with Gasteiger partial charge in [-0.05, 0) is 77.7 Å². The van der Waals surface area contributed by atoms with Crippen molar-refractivity contribution >= 4 is 34.1 Å². The first-order chi connectivity index (χ1) is 17.4. The number of nitriles is 1. The molecule has 7 heteroatoms. The summed E-state index contributed by atoms with van der Waals surface area (Å²) in [5, 5.41) is 25.3. The molecule has 0 unspecified atom stereocenters. The number of rotatable bonds is 7. The maximum Gasteiger partial charge on any atom is 0.269 e. The second kappa shape index (κ2) is 10.5. The topological polar surface area (TPSA) is 105 Å². The first-order valence-electron chi connectivity index (χ1n) is 11.2. The third-order valence-electron chi connectivity index (χ3n) is 5.89. The summed E-state index contributed by atoms with van der Waals surface area (Å²) in [6, 6.07) is 25.0. The quantitative estimate of drug-likeness (QED) is 0.142. The maximum absolute atomic E-state index is 13.0. The molecular formula is C29H23N3O4. The average molecular weight is 478 g/mol. The number of carbonyl (C=O) groups excluding carboxylic acids is 1. The summed E-state index contributed by atoms with van der Waals surface area (Å²) in [6.07, 6.45) is 1.53. The molecule has 0 spiro atoms. The van der Waals surface area contributed by atoms with E-state index in [0.717, 1.165) is 27.5 Å². The molecule has 178 valence electrons. The predicted octanol–water partition coefficient (Wildman–Crippen LogP) is 6.49. The molecule has 0 aliphatic heterocycles. The zero-order valence-corrected chi connectivity index (χ0v) is 19.8. The highest BCUT2D eigenvalue weighted by atomic mass is 16.6. The molecule has 0 aromatic heterocycles. The molecule has 0 aliphatic carbocycles. The lowest BCUT2D eigenvalue weighted by atomic mass is 10.0. The van der Waals surface area contributed by atoms with E-state index < -0.39 is 10.8 Å². The van der Waals surface area contributed by atoms with Crippen LogP contribution >= 0.6 is 0 Å². The SMILES string of the molecule is Cc1ccc(NC(=O)/C(C#N)=C/c2c(OCc3ccc([N+](=O)[O-])cc3)ccc3ccccc23)cc1C. The Hall–Kier alpha value is -4.96. The van der Waals surface area contributed by atoms with Gasteiger partial charge < -0.3 is 10.1 Å². The zero-order valence-electron chi connectivity index (χ0n) is 19.8. The van der Waals surface area contributed by atoms with Crippen molar-refractivity contribution in [3.05, 3.63) is 117 Å². The molecular weight excluding hydrogens is 454 g/mol. The molecule has 0 fully saturated rings. The second-order valence-corrected chi connectivity index (χ2v) is 8.33. The molecule has 0 radical (unpaired) electrons. The number of amides is 1. The summed E-state index contributed by atoms with van der Waals surface area (Å²) in [5.41, 5.74) is 4.03. The summed E-state index contributed by atoms with van der Waals surface area (Å²) in [5.74, 6) is -0.0335. The number of nitrogens with one attached hydrogen (secondary N) is 1. The molecule has 0 atom stereocenters. The van der Waals surface area contributed by atoms with Crippen LogP contribution < -0.4 is 10.1 Å². The van der Waals surface area contributed by atoms with E-state index >= 15 is 0 Å². The molecule has 4 aromatic carbocycles. The molecule has 0 heterocycles. The van der Waals surface area contributed by atoms with Crippen molar-refractivity contribution in [2.24, 2.45) is 0 Å². The van der Waals surface area contributed by atoms with Gasteiger partial charge in [0.05, 0.1) is 4.92 Å². The van der Waals surface area contributed by atoms with Crippen LogP contribution in [0.25, 0.3) is 16.8 Å². The van der Waals surface area contributed by atoms with Gasteiger partial charge in [-0.25, -0.2) is 0 Å². The summed E-state index contributed by atoms with van der Waals surface area (Å²) in [6.45, 7) is 4.10. The summed E-state index contributed by atoms with van der Waals surface area (Å²) in [4.78, 5) is 23.4. The number of nitrogens with zero attached hydrogens (tertiary/aromatic N) is 2. The molecule has 4 aromatic rings. The van der Waals surface area contributed by atoms with E-state index in [1.165, 1.54) is 18.2 Å². The maximum atomic E-state index is 13.0. The molecule has 1 amide bonds. The highest BCUT2D eigenvalue weighted by molar-refractivity contribution is 6.11. The van der Waals surface area contributed by atoms with Gasteiger partial charge in [-0.15, -0.1) is 0 Å². The molecule has 0 aliphatic rings. The summed E-state index contributed by atoms with van der Waals surface area (Å²) < 4.78 is 6.05. The van der Waals surface area contributed by atoms with Gasteiger partial charge in [0.2, 0.25) is 0 Å². The molecule has 0 saturated heterocycles. The molecule has 1 N–H and O–H groups in total. The van der Waals surface area contributed by atoms with Crippen LogP contribution in [-0.4, -0.2) is 10.8 Å². The van der Waals surface area contributed by atoms with E-state index in [1.807, 2.05) is 62.4 Å². The normalized spacial score (nSPS) is 11.1. The van der Waals surface area contributed by atoms with E-state index in [-0.39, 0.29) is 17.9 Å². The first kappa shape index (κ1) is 24.2. The highest BCUT2D eigenvalue weighted by Gasteiger charge is 2.14. The largest absolute Gasteiger partial charge is 0.488 e. The number of carbonyl (C=O) groups is 1. The monoisotopic (exact) mass is 477 g/mol. The lowest BCUT2D eigenvalue weighted by Gasteiger charge is -2.13. The van der Waals surface area contributed by atoms with Gasteiger partial charge in [0, 0.05) is 23.4 Å². The van der Waals surface area contributed by atoms with Gasteiger partial charge in [-0.2, -0.15) is 5.26 Å². The number of anilines is 1. The highest BCUT2D eigenvalue weighted by Crippen LogP contribution is 2.31. The van der Waals surface area contributed by atoms with Crippen LogP contribution in [0.15, 0.2) is 84.4 Å². The minimum Gasteiger partial charge on any atom is -0.488 e. The number of benzene rings is 4.